The summed E-state index contributed by atoms with van der Waals surface area (Å²) in [5.41, 5.74) is 10.4. The van der Waals surface area contributed by atoms with Crippen LogP contribution < -0.4 is 11.2 Å². The molecule has 0 spiro atoms. The van der Waals surface area contributed by atoms with Crippen molar-refractivity contribution >= 4 is 5.91 Å². The van der Waals surface area contributed by atoms with E-state index in [2.05, 4.69) is 24.3 Å². The number of amides is 1. The molecule has 2 rings (SSSR count). The molecule has 0 saturated carbocycles. The normalized spacial score (nSPS) is 24.3. The maximum Gasteiger partial charge on any atom is 0.249 e. The average Bonchev–Trinajstić information content (AvgIpc) is 2.38. The third kappa shape index (κ3) is 3.33. The summed E-state index contributed by atoms with van der Waals surface area (Å²) in [7, 11) is 0. The number of benzene rings is 1. The van der Waals surface area contributed by atoms with Crippen molar-refractivity contribution in [1.82, 2.24) is 10.4 Å². The van der Waals surface area contributed by atoms with Crippen LogP contribution in [0.25, 0.3) is 0 Å². The Labute approximate surface area is 114 Å². The van der Waals surface area contributed by atoms with Crippen LogP contribution in [0.4, 0.5) is 0 Å². The Hall–Kier alpha value is -1.39. The van der Waals surface area contributed by atoms with E-state index in [0.29, 0.717) is 24.2 Å². The van der Waals surface area contributed by atoms with E-state index in [1.807, 2.05) is 18.2 Å². The van der Waals surface area contributed by atoms with Crippen LogP contribution in [-0.2, 0) is 6.54 Å². The Morgan fingerprint density at radius 1 is 1.32 bits per heavy atom. The van der Waals surface area contributed by atoms with Crippen LogP contribution in [0.2, 0.25) is 0 Å². The number of nitrogens with zero attached hydrogens (tertiary/aromatic N) is 1. The second-order valence-electron chi connectivity index (χ2n) is 5.39. The highest BCUT2D eigenvalue weighted by atomic mass is 16.1. The quantitative estimate of drug-likeness (QED) is 0.872. The SMILES string of the molecule is CC1CCCC(C)N1NCc1ccccc1C(N)=O. The van der Waals surface area contributed by atoms with Crippen molar-refractivity contribution in [1.29, 1.82) is 0 Å². The van der Waals surface area contributed by atoms with Crippen molar-refractivity contribution in [3.63, 3.8) is 0 Å². The highest BCUT2D eigenvalue weighted by Crippen LogP contribution is 2.20. The molecule has 0 aliphatic carbocycles. The molecule has 0 bridgehead atoms. The maximum atomic E-state index is 11.4. The Morgan fingerprint density at radius 2 is 1.95 bits per heavy atom. The molecule has 19 heavy (non-hydrogen) atoms. The van der Waals surface area contributed by atoms with Crippen molar-refractivity contribution in [2.24, 2.45) is 5.73 Å². The molecule has 1 saturated heterocycles. The van der Waals surface area contributed by atoms with Crippen molar-refractivity contribution in [2.45, 2.75) is 51.7 Å². The lowest BCUT2D eigenvalue weighted by Gasteiger charge is -2.39. The van der Waals surface area contributed by atoms with Crippen LogP contribution >= 0.6 is 0 Å². The second kappa shape index (κ2) is 6.17. The van der Waals surface area contributed by atoms with Crippen LogP contribution in [0.3, 0.4) is 0 Å². The number of hydrogen-bond acceptors (Lipinski definition) is 3. The van der Waals surface area contributed by atoms with E-state index in [-0.39, 0.29) is 5.91 Å². The molecule has 2 atom stereocenters. The van der Waals surface area contributed by atoms with Gasteiger partial charge in [-0.1, -0.05) is 24.6 Å². The average molecular weight is 261 g/mol. The van der Waals surface area contributed by atoms with Gasteiger partial charge < -0.3 is 5.73 Å². The largest absolute Gasteiger partial charge is 0.366 e. The molecule has 1 heterocycles. The predicted octanol–water partition coefficient (Wildman–Crippen LogP) is 2.05. The summed E-state index contributed by atoms with van der Waals surface area (Å²) < 4.78 is 0. The third-order valence-corrected chi connectivity index (χ3v) is 3.93. The molecule has 1 aliphatic rings. The molecule has 0 radical (unpaired) electrons. The summed E-state index contributed by atoms with van der Waals surface area (Å²) in [6.07, 6.45) is 3.72. The predicted molar refractivity (Wildman–Crippen MR) is 76.4 cm³/mol. The van der Waals surface area contributed by atoms with E-state index in [0.717, 1.165) is 5.56 Å². The summed E-state index contributed by atoms with van der Waals surface area (Å²) >= 11 is 0. The first kappa shape index (κ1) is 14.0. The zero-order valence-corrected chi connectivity index (χ0v) is 11.7. The molecule has 0 aromatic heterocycles. The zero-order valence-electron chi connectivity index (χ0n) is 11.7. The molecule has 1 fully saturated rings. The van der Waals surface area contributed by atoms with Gasteiger partial charge in [-0.2, -0.15) is 0 Å². The molecule has 1 aromatic rings. The lowest BCUT2D eigenvalue weighted by molar-refractivity contribution is 0.0434. The molecular formula is C15H23N3O. The van der Waals surface area contributed by atoms with E-state index in [4.69, 9.17) is 5.73 Å². The van der Waals surface area contributed by atoms with Crippen LogP contribution in [-0.4, -0.2) is 23.0 Å². The van der Waals surface area contributed by atoms with Gasteiger partial charge in [0.05, 0.1) is 0 Å². The molecule has 1 amide bonds. The highest BCUT2D eigenvalue weighted by molar-refractivity contribution is 5.94. The molecule has 1 aliphatic heterocycles. The summed E-state index contributed by atoms with van der Waals surface area (Å²) in [6.45, 7) is 5.12. The fraction of sp³-hybridized carbons (Fsp3) is 0.533. The Morgan fingerprint density at radius 3 is 2.58 bits per heavy atom. The van der Waals surface area contributed by atoms with Gasteiger partial charge in [0, 0.05) is 24.2 Å². The highest BCUT2D eigenvalue weighted by Gasteiger charge is 2.24. The first-order valence-electron chi connectivity index (χ1n) is 6.99. The number of hydrazine groups is 1. The number of nitrogens with two attached hydrogens (primary N) is 1. The van der Waals surface area contributed by atoms with Crippen LogP contribution in [0.15, 0.2) is 24.3 Å². The number of rotatable bonds is 4. The van der Waals surface area contributed by atoms with Gasteiger partial charge in [0.25, 0.3) is 0 Å². The molecular weight excluding hydrogens is 238 g/mol. The summed E-state index contributed by atoms with van der Waals surface area (Å²) in [5.74, 6) is -0.364. The standard InChI is InChI=1S/C15H23N3O/c1-11-6-5-7-12(2)18(11)17-10-13-8-3-4-9-14(13)15(16)19/h3-4,8-9,11-12,17H,5-7,10H2,1-2H3,(H2,16,19). The lowest BCUT2D eigenvalue weighted by Crippen LogP contribution is -2.51. The van der Waals surface area contributed by atoms with E-state index < -0.39 is 0 Å². The molecule has 1 aromatic carbocycles. The molecule has 4 heteroatoms. The van der Waals surface area contributed by atoms with Crippen molar-refractivity contribution in [3.8, 4) is 0 Å². The summed E-state index contributed by atoms with van der Waals surface area (Å²) in [4.78, 5) is 11.4. The van der Waals surface area contributed by atoms with Gasteiger partial charge >= 0.3 is 0 Å². The van der Waals surface area contributed by atoms with Crippen molar-refractivity contribution in [3.05, 3.63) is 35.4 Å². The first-order chi connectivity index (χ1) is 9.09. The minimum Gasteiger partial charge on any atom is -0.366 e. The zero-order chi connectivity index (χ0) is 13.8. The van der Waals surface area contributed by atoms with Gasteiger partial charge in [-0.05, 0) is 38.3 Å². The van der Waals surface area contributed by atoms with E-state index in [1.165, 1.54) is 19.3 Å². The minimum absolute atomic E-state index is 0.364. The summed E-state index contributed by atoms with van der Waals surface area (Å²) in [6, 6.07) is 8.57. The lowest BCUT2D eigenvalue weighted by atomic mass is 10.00. The molecule has 2 unspecified atom stereocenters. The van der Waals surface area contributed by atoms with Gasteiger partial charge in [0.2, 0.25) is 5.91 Å². The van der Waals surface area contributed by atoms with Gasteiger partial charge in [0.1, 0.15) is 0 Å². The number of carbonyl (C=O) groups is 1. The van der Waals surface area contributed by atoms with Gasteiger partial charge in [-0.15, -0.1) is 0 Å². The number of hydrogen-bond donors (Lipinski definition) is 2. The number of carbonyl (C=O) groups excluding carboxylic acids is 1. The fourth-order valence-electron chi connectivity index (χ4n) is 2.82. The van der Waals surface area contributed by atoms with E-state index in [9.17, 15) is 4.79 Å². The molecule has 4 nitrogen and oxygen atoms in total. The topological polar surface area (TPSA) is 58.4 Å². The van der Waals surface area contributed by atoms with Crippen LogP contribution in [0.5, 0.6) is 0 Å². The molecule has 3 N–H and O–H groups in total. The van der Waals surface area contributed by atoms with Crippen LogP contribution in [0, 0.1) is 0 Å². The van der Waals surface area contributed by atoms with Crippen molar-refractivity contribution < 1.29 is 4.79 Å². The van der Waals surface area contributed by atoms with Gasteiger partial charge in [-0.3, -0.25) is 10.2 Å². The summed E-state index contributed by atoms with van der Waals surface area (Å²) in [5, 5.41) is 2.31. The second-order valence-corrected chi connectivity index (χ2v) is 5.39. The Kier molecular flexibility index (Phi) is 4.56. The number of primary amides is 1. The number of piperidine rings is 1. The minimum atomic E-state index is -0.364. The van der Waals surface area contributed by atoms with Gasteiger partial charge in [0.15, 0.2) is 0 Å². The van der Waals surface area contributed by atoms with E-state index in [1.54, 1.807) is 6.07 Å². The Balaban J connectivity index is 2.04. The maximum absolute atomic E-state index is 11.4. The van der Waals surface area contributed by atoms with Crippen LogP contribution in [0.1, 0.15) is 49.0 Å². The monoisotopic (exact) mass is 261 g/mol. The number of nitrogens with one attached hydrogen (secondary N) is 1. The Bertz CT molecular complexity index is 437. The first-order valence-corrected chi connectivity index (χ1v) is 6.99. The smallest absolute Gasteiger partial charge is 0.249 e. The van der Waals surface area contributed by atoms with E-state index >= 15 is 0 Å². The third-order valence-electron chi connectivity index (χ3n) is 3.93. The fourth-order valence-corrected chi connectivity index (χ4v) is 2.82. The van der Waals surface area contributed by atoms with Gasteiger partial charge in [-0.25, -0.2) is 5.01 Å². The molecule has 104 valence electrons. The van der Waals surface area contributed by atoms with Crippen molar-refractivity contribution in [2.75, 3.05) is 0 Å².